The Bertz CT molecular complexity index is 1250. The maximum atomic E-state index is 12.1. The second kappa shape index (κ2) is 8.23. The highest BCUT2D eigenvalue weighted by atomic mass is 32.1. The number of aromatic amines is 1. The van der Waals surface area contributed by atoms with E-state index in [2.05, 4.69) is 27.3 Å². The number of aromatic carboxylic acids is 1. The number of hydrogen-bond acceptors (Lipinski definition) is 6. The zero-order valence-electron chi connectivity index (χ0n) is 17.6. The summed E-state index contributed by atoms with van der Waals surface area (Å²) in [6.45, 7) is 6.02. The van der Waals surface area contributed by atoms with Crippen molar-refractivity contribution in [1.82, 2.24) is 15.2 Å². The largest absolute Gasteiger partial charge is 0.497 e. The standard InChI is InChI=1S/C23H22N4O3S/c1-13-10-20(14(2)9-17(13)22-25-15(3)12-31-22)27(21-7-8-24-26-21)19-6-5-16(30-4)11-18(19)23(28)29/h5-12H,1-4H3,(H,24,26)(H,28,29). The first-order valence-electron chi connectivity index (χ1n) is 9.63. The lowest BCUT2D eigenvalue weighted by atomic mass is 10.0. The van der Waals surface area contributed by atoms with E-state index in [4.69, 9.17) is 4.74 Å². The van der Waals surface area contributed by atoms with Crippen LogP contribution in [0, 0.1) is 20.8 Å². The van der Waals surface area contributed by atoms with Gasteiger partial charge in [0.1, 0.15) is 16.6 Å². The molecule has 0 fully saturated rings. The molecule has 2 heterocycles. The van der Waals surface area contributed by atoms with Gasteiger partial charge in [-0.1, -0.05) is 0 Å². The summed E-state index contributed by atoms with van der Waals surface area (Å²) in [5, 5.41) is 19.9. The lowest BCUT2D eigenvalue weighted by Gasteiger charge is -2.27. The normalized spacial score (nSPS) is 10.8. The molecule has 2 N–H and O–H groups in total. The monoisotopic (exact) mass is 434 g/mol. The molecule has 2 aromatic carbocycles. The zero-order valence-corrected chi connectivity index (χ0v) is 18.4. The molecule has 0 aliphatic rings. The number of carboxylic acids is 1. The number of hydrogen-bond donors (Lipinski definition) is 2. The van der Waals surface area contributed by atoms with E-state index in [9.17, 15) is 9.90 Å². The molecule has 0 spiro atoms. The number of methoxy groups -OCH3 is 1. The summed E-state index contributed by atoms with van der Waals surface area (Å²) >= 11 is 1.61. The predicted octanol–water partition coefficient (Wildman–Crippen LogP) is 5.64. The summed E-state index contributed by atoms with van der Waals surface area (Å²) in [7, 11) is 1.51. The summed E-state index contributed by atoms with van der Waals surface area (Å²) in [6.07, 6.45) is 1.64. The summed E-state index contributed by atoms with van der Waals surface area (Å²) in [5.74, 6) is 0.101. The van der Waals surface area contributed by atoms with Gasteiger partial charge in [-0.25, -0.2) is 9.78 Å². The molecule has 4 rings (SSSR count). The van der Waals surface area contributed by atoms with Gasteiger partial charge in [0.25, 0.3) is 0 Å². The molecule has 0 saturated carbocycles. The van der Waals surface area contributed by atoms with Crippen molar-refractivity contribution in [2.75, 3.05) is 12.0 Å². The van der Waals surface area contributed by atoms with Crippen LogP contribution in [0.15, 0.2) is 48.0 Å². The predicted molar refractivity (Wildman–Crippen MR) is 122 cm³/mol. The molecule has 4 aromatic rings. The number of rotatable bonds is 6. The maximum absolute atomic E-state index is 12.1. The molecular weight excluding hydrogens is 412 g/mol. The molecule has 158 valence electrons. The van der Waals surface area contributed by atoms with Crippen molar-refractivity contribution in [3.05, 3.63) is 70.4 Å². The molecule has 8 heteroatoms. The van der Waals surface area contributed by atoms with Crippen LogP contribution in [0.1, 0.15) is 27.2 Å². The molecule has 0 atom stereocenters. The Kier molecular flexibility index (Phi) is 5.48. The molecule has 0 aliphatic heterocycles. The molecule has 2 aromatic heterocycles. The number of H-pyrrole nitrogens is 1. The van der Waals surface area contributed by atoms with Crippen LogP contribution in [0.25, 0.3) is 10.6 Å². The number of aromatic nitrogens is 3. The molecule has 0 bridgehead atoms. The highest BCUT2D eigenvalue weighted by molar-refractivity contribution is 7.13. The average Bonchev–Trinajstić information content (AvgIpc) is 3.42. The van der Waals surface area contributed by atoms with E-state index in [1.807, 2.05) is 37.1 Å². The summed E-state index contributed by atoms with van der Waals surface area (Å²) in [5.41, 5.74) is 5.58. The van der Waals surface area contributed by atoms with Gasteiger partial charge in [0.2, 0.25) is 0 Å². The summed E-state index contributed by atoms with van der Waals surface area (Å²) in [6, 6.07) is 11.0. The number of carboxylic acid groups (broad SMARTS) is 1. The van der Waals surface area contributed by atoms with Crippen molar-refractivity contribution < 1.29 is 14.6 Å². The average molecular weight is 435 g/mol. The van der Waals surface area contributed by atoms with Crippen molar-refractivity contribution in [3.8, 4) is 16.3 Å². The topological polar surface area (TPSA) is 91.3 Å². The Morgan fingerprint density at radius 2 is 1.90 bits per heavy atom. The smallest absolute Gasteiger partial charge is 0.337 e. The van der Waals surface area contributed by atoms with E-state index in [-0.39, 0.29) is 5.56 Å². The third kappa shape index (κ3) is 3.89. The number of carbonyl (C=O) groups is 1. The van der Waals surface area contributed by atoms with Crippen LogP contribution in [-0.4, -0.2) is 33.4 Å². The van der Waals surface area contributed by atoms with Crippen molar-refractivity contribution in [2.24, 2.45) is 0 Å². The minimum absolute atomic E-state index is 0.130. The first-order valence-corrected chi connectivity index (χ1v) is 10.5. The molecule has 0 unspecified atom stereocenters. The van der Waals surface area contributed by atoms with E-state index in [0.717, 1.165) is 33.1 Å². The van der Waals surface area contributed by atoms with Crippen LogP contribution in [0.4, 0.5) is 17.2 Å². The Hall–Kier alpha value is -3.65. The fourth-order valence-corrected chi connectivity index (χ4v) is 4.40. The van der Waals surface area contributed by atoms with Gasteiger partial charge in [0.15, 0.2) is 0 Å². The van der Waals surface area contributed by atoms with Gasteiger partial charge >= 0.3 is 5.97 Å². The quantitative estimate of drug-likeness (QED) is 0.408. The van der Waals surface area contributed by atoms with E-state index >= 15 is 0 Å². The Balaban J connectivity index is 1.92. The first kappa shape index (κ1) is 20.6. The highest BCUT2D eigenvalue weighted by Crippen LogP contribution is 2.41. The fraction of sp³-hybridized carbons (Fsp3) is 0.174. The van der Waals surface area contributed by atoms with Gasteiger partial charge in [-0.05, 0) is 62.2 Å². The van der Waals surface area contributed by atoms with Gasteiger partial charge in [-0.15, -0.1) is 11.3 Å². The molecule has 7 nitrogen and oxygen atoms in total. The second-order valence-electron chi connectivity index (χ2n) is 7.21. The fourth-order valence-electron chi connectivity index (χ4n) is 3.52. The number of aryl methyl sites for hydroxylation is 3. The van der Waals surface area contributed by atoms with Crippen LogP contribution in [0.3, 0.4) is 0 Å². The van der Waals surface area contributed by atoms with Crippen LogP contribution < -0.4 is 9.64 Å². The SMILES string of the molecule is COc1ccc(N(c2ccn[nH]2)c2cc(C)c(-c3nc(C)cs3)cc2C)c(C(=O)O)c1. The molecule has 0 saturated heterocycles. The van der Waals surface area contributed by atoms with Crippen molar-refractivity contribution in [2.45, 2.75) is 20.8 Å². The summed E-state index contributed by atoms with van der Waals surface area (Å²) < 4.78 is 5.24. The van der Waals surface area contributed by atoms with Gasteiger partial charge in [-0.3, -0.25) is 10.00 Å². The number of benzene rings is 2. The third-order valence-electron chi connectivity index (χ3n) is 5.04. The number of anilines is 3. The second-order valence-corrected chi connectivity index (χ2v) is 8.07. The highest BCUT2D eigenvalue weighted by Gasteiger charge is 2.23. The van der Waals surface area contributed by atoms with Gasteiger partial charge < -0.3 is 9.84 Å². The minimum atomic E-state index is -1.04. The maximum Gasteiger partial charge on any atom is 0.337 e. The molecule has 31 heavy (non-hydrogen) atoms. The molecule has 0 aliphatic carbocycles. The molecule has 0 amide bonds. The Morgan fingerprint density at radius 1 is 1.10 bits per heavy atom. The Morgan fingerprint density at radius 3 is 2.52 bits per heavy atom. The van der Waals surface area contributed by atoms with E-state index in [0.29, 0.717) is 17.3 Å². The van der Waals surface area contributed by atoms with Crippen molar-refractivity contribution >= 4 is 34.5 Å². The van der Waals surface area contributed by atoms with Crippen LogP contribution in [-0.2, 0) is 0 Å². The molecular formula is C23H22N4O3S. The first-order chi connectivity index (χ1) is 14.9. The van der Waals surface area contributed by atoms with Crippen molar-refractivity contribution in [3.63, 3.8) is 0 Å². The van der Waals surface area contributed by atoms with Gasteiger partial charge in [0, 0.05) is 22.7 Å². The van der Waals surface area contributed by atoms with Gasteiger partial charge in [0.05, 0.1) is 30.2 Å². The lowest BCUT2D eigenvalue weighted by molar-refractivity contribution is 0.0697. The van der Waals surface area contributed by atoms with Crippen LogP contribution >= 0.6 is 11.3 Å². The van der Waals surface area contributed by atoms with Crippen molar-refractivity contribution in [1.29, 1.82) is 0 Å². The number of ether oxygens (including phenoxy) is 1. The zero-order chi connectivity index (χ0) is 22.1. The van der Waals surface area contributed by atoms with E-state index < -0.39 is 5.97 Å². The molecule has 0 radical (unpaired) electrons. The van der Waals surface area contributed by atoms with Crippen LogP contribution in [0.2, 0.25) is 0 Å². The lowest BCUT2D eigenvalue weighted by Crippen LogP contribution is -2.16. The number of thiazole rings is 1. The van der Waals surface area contributed by atoms with E-state index in [1.54, 1.807) is 29.7 Å². The number of nitrogens with zero attached hydrogens (tertiary/aromatic N) is 3. The van der Waals surface area contributed by atoms with E-state index in [1.165, 1.54) is 13.2 Å². The number of nitrogens with one attached hydrogen (secondary N) is 1. The minimum Gasteiger partial charge on any atom is -0.497 e. The van der Waals surface area contributed by atoms with Gasteiger partial charge in [-0.2, -0.15) is 5.10 Å². The third-order valence-corrected chi connectivity index (χ3v) is 6.03. The van der Waals surface area contributed by atoms with Crippen LogP contribution in [0.5, 0.6) is 5.75 Å². The Labute approximate surface area is 184 Å². The summed E-state index contributed by atoms with van der Waals surface area (Å²) in [4.78, 5) is 18.6.